The van der Waals surface area contributed by atoms with E-state index in [-0.39, 0.29) is 5.92 Å². The van der Waals surface area contributed by atoms with Crippen LogP contribution < -0.4 is 0 Å². The van der Waals surface area contributed by atoms with Crippen LogP contribution in [0.25, 0.3) is 10.9 Å². The van der Waals surface area contributed by atoms with Crippen LogP contribution in [0.5, 0.6) is 0 Å². The van der Waals surface area contributed by atoms with Crippen LogP contribution in [-0.4, -0.2) is 20.7 Å². The van der Waals surface area contributed by atoms with Gasteiger partial charge < -0.3 is 5.11 Å². The van der Waals surface area contributed by atoms with Gasteiger partial charge in [0.15, 0.2) is 0 Å². The summed E-state index contributed by atoms with van der Waals surface area (Å²) in [6.45, 7) is 3.75. The first-order valence-electron chi connectivity index (χ1n) is 6.49. The van der Waals surface area contributed by atoms with Gasteiger partial charge in [-0.2, -0.15) is 0 Å². The molecule has 2 atom stereocenters. The lowest BCUT2D eigenvalue weighted by Crippen LogP contribution is -2.31. The number of fused-ring (bicyclic) bond motifs is 1. The van der Waals surface area contributed by atoms with Gasteiger partial charge in [-0.3, -0.25) is 0 Å². The van der Waals surface area contributed by atoms with Crippen LogP contribution in [0.3, 0.4) is 0 Å². The Bertz CT molecular complexity index is 735. The number of aromatic nitrogens is 2. The smallest absolute Gasteiger partial charge is 0.140 e. The van der Waals surface area contributed by atoms with E-state index in [2.05, 4.69) is 9.97 Å². The Hall–Kier alpha value is -1.71. The first kappa shape index (κ1) is 13.3. The number of aliphatic hydroxyl groups is 1. The van der Waals surface area contributed by atoms with Gasteiger partial charge >= 0.3 is 0 Å². The standard InChI is InChI=1S/C16H15ClN2O/c1-10-6-7-11-13(9-10)18-15(19-14(11)17)12-5-3-4-8-16(12,2)20/h3-9,12,20H,1-2H3. The first-order valence-corrected chi connectivity index (χ1v) is 6.87. The molecule has 0 saturated carbocycles. The third kappa shape index (κ3) is 2.23. The van der Waals surface area contributed by atoms with Crippen molar-refractivity contribution in [3.05, 3.63) is 59.0 Å². The Balaban J connectivity index is 2.17. The highest BCUT2D eigenvalue weighted by Gasteiger charge is 2.32. The number of hydrogen-bond acceptors (Lipinski definition) is 3. The fraction of sp³-hybridized carbons (Fsp3) is 0.250. The summed E-state index contributed by atoms with van der Waals surface area (Å²) in [5.74, 6) is 0.244. The van der Waals surface area contributed by atoms with Crippen molar-refractivity contribution in [1.29, 1.82) is 0 Å². The van der Waals surface area contributed by atoms with Crippen LogP contribution in [0, 0.1) is 6.92 Å². The Kier molecular flexibility index (Phi) is 3.11. The minimum atomic E-state index is -1.00. The van der Waals surface area contributed by atoms with Gasteiger partial charge in [0.25, 0.3) is 0 Å². The largest absolute Gasteiger partial charge is 0.385 e. The van der Waals surface area contributed by atoms with E-state index in [1.807, 2.05) is 43.4 Å². The molecule has 2 unspecified atom stereocenters. The number of rotatable bonds is 1. The molecule has 4 heteroatoms. The number of aryl methyl sites for hydroxylation is 1. The molecule has 0 amide bonds. The zero-order valence-electron chi connectivity index (χ0n) is 11.3. The minimum Gasteiger partial charge on any atom is -0.385 e. The van der Waals surface area contributed by atoms with Crippen LogP contribution >= 0.6 is 11.6 Å². The van der Waals surface area contributed by atoms with Gasteiger partial charge in [0.1, 0.15) is 11.0 Å². The average Bonchev–Trinajstić information content (AvgIpc) is 2.37. The second kappa shape index (κ2) is 4.69. The Morgan fingerprint density at radius 3 is 2.80 bits per heavy atom. The van der Waals surface area contributed by atoms with E-state index in [9.17, 15) is 5.11 Å². The van der Waals surface area contributed by atoms with Crippen molar-refractivity contribution >= 4 is 22.5 Å². The molecule has 3 rings (SSSR count). The molecule has 1 aliphatic rings. The van der Waals surface area contributed by atoms with E-state index in [0.717, 1.165) is 16.5 Å². The molecule has 20 heavy (non-hydrogen) atoms. The molecule has 0 saturated heterocycles. The topological polar surface area (TPSA) is 46.0 Å². The lowest BCUT2D eigenvalue weighted by Gasteiger charge is -2.28. The molecule has 1 aromatic carbocycles. The second-order valence-corrected chi connectivity index (χ2v) is 5.70. The van der Waals surface area contributed by atoms with Crippen LogP contribution in [0.1, 0.15) is 24.2 Å². The second-order valence-electron chi connectivity index (χ2n) is 5.34. The normalized spacial score (nSPS) is 25.3. The van der Waals surface area contributed by atoms with Crippen LogP contribution in [0.15, 0.2) is 42.5 Å². The van der Waals surface area contributed by atoms with Gasteiger partial charge in [-0.05, 0) is 31.5 Å². The molecular weight excluding hydrogens is 272 g/mol. The molecular formula is C16H15ClN2O. The fourth-order valence-corrected chi connectivity index (χ4v) is 2.67. The summed E-state index contributed by atoms with van der Waals surface area (Å²) in [7, 11) is 0. The highest BCUT2D eigenvalue weighted by molar-refractivity contribution is 6.34. The van der Waals surface area contributed by atoms with Gasteiger partial charge in [0, 0.05) is 5.39 Å². The average molecular weight is 287 g/mol. The molecule has 2 aromatic rings. The number of allylic oxidation sites excluding steroid dienone is 2. The van der Waals surface area contributed by atoms with Crippen LogP contribution in [0.4, 0.5) is 0 Å². The number of benzene rings is 1. The summed E-state index contributed by atoms with van der Waals surface area (Å²) in [4.78, 5) is 8.93. The van der Waals surface area contributed by atoms with Crippen molar-refractivity contribution in [3.8, 4) is 0 Å². The summed E-state index contributed by atoms with van der Waals surface area (Å²) in [5, 5.41) is 11.7. The summed E-state index contributed by atoms with van der Waals surface area (Å²) in [6.07, 6.45) is 7.35. The van der Waals surface area contributed by atoms with E-state index in [4.69, 9.17) is 11.6 Å². The fourth-order valence-electron chi connectivity index (χ4n) is 2.43. The number of hydrogen-bond donors (Lipinski definition) is 1. The van der Waals surface area contributed by atoms with E-state index in [0.29, 0.717) is 11.0 Å². The predicted molar refractivity (Wildman–Crippen MR) is 80.9 cm³/mol. The first-order chi connectivity index (χ1) is 9.47. The molecule has 1 heterocycles. The lowest BCUT2D eigenvalue weighted by molar-refractivity contribution is 0.0919. The van der Waals surface area contributed by atoms with Crippen molar-refractivity contribution in [2.45, 2.75) is 25.4 Å². The molecule has 1 N–H and O–H groups in total. The summed E-state index contributed by atoms with van der Waals surface area (Å²) >= 11 is 6.25. The van der Waals surface area contributed by atoms with Crippen molar-refractivity contribution in [3.63, 3.8) is 0 Å². The van der Waals surface area contributed by atoms with Crippen molar-refractivity contribution in [1.82, 2.24) is 9.97 Å². The molecule has 3 nitrogen and oxygen atoms in total. The zero-order valence-corrected chi connectivity index (χ0v) is 12.1. The van der Waals surface area contributed by atoms with Crippen LogP contribution in [0.2, 0.25) is 5.15 Å². The van der Waals surface area contributed by atoms with Gasteiger partial charge in [-0.15, -0.1) is 0 Å². The molecule has 0 bridgehead atoms. The van der Waals surface area contributed by atoms with Crippen LogP contribution in [-0.2, 0) is 0 Å². The van der Waals surface area contributed by atoms with E-state index in [1.54, 1.807) is 13.0 Å². The molecule has 1 aliphatic carbocycles. The zero-order chi connectivity index (χ0) is 14.3. The predicted octanol–water partition coefficient (Wildman–Crippen LogP) is 3.55. The molecule has 102 valence electrons. The Labute approximate surface area is 122 Å². The van der Waals surface area contributed by atoms with Gasteiger partial charge in [0.05, 0.1) is 17.0 Å². The third-order valence-electron chi connectivity index (χ3n) is 3.58. The highest BCUT2D eigenvalue weighted by Crippen LogP contribution is 2.33. The molecule has 1 aromatic heterocycles. The van der Waals surface area contributed by atoms with Gasteiger partial charge in [0.2, 0.25) is 0 Å². The summed E-state index contributed by atoms with van der Waals surface area (Å²) in [6, 6.07) is 5.88. The monoisotopic (exact) mass is 286 g/mol. The number of halogens is 1. The maximum absolute atomic E-state index is 10.4. The highest BCUT2D eigenvalue weighted by atomic mass is 35.5. The van der Waals surface area contributed by atoms with E-state index < -0.39 is 5.60 Å². The summed E-state index contributed by atoms with van der Waals surface area (Å²) < 4.78 is 0. The SMILES string of the molecule is Cc1ccc2c(Cl)nc(C3C=CC=CC3(C)O)nc2c1. The van der Waals surface area contributed by atoms with E-state index in [1.165, 1.54) is 0 Å². The molecule has 0 spiro atoms. The molecule has 0 radical (unpaired) electrons. The Morgan fingerprint density at radius 1 is 1.25 bits per heavy atom. The van der Waals surface area contributed by atoms with Crippen molar-refractivity contribution in [2.75, 3.05) is 0 Å². The molecule has 0 aliphatic heterocycles. The quantitative estimate of drug-likeness (QED) is 0.816. The molecule has 0 fully saturated rings. The maximum Gasteiger partial charge on any atom is 0.140 e. The third-order valence-corrected chi connectivity index (χ3v) is 3.87. The maximum atomic E-state index is 10.4. The van der Waals surface area contributed by atoms with Gasteiger partial charge in [-0.1, -0.05) is 42.0 Å². The lowest BCUT2D eigenvalue weighted by atomic mass is 9.85. The minimum absolute atomic E-state index is 0.296. The summed E-state index contributed by atoms with van der Waals surface area (Å²) in [5.41, 5.74) is 0.915. The van der Waals surface area contributed by atoms with E-state index >= 15 is 0 Å². The van der Waals surface area contributed by atoms with Gasteiger partial charge in [-0.25, -0.2) is 9.97 Å². The van der Waals surface area contributed by atoms with Crippen molar-refractivity contribution < 1.29 is 5.11 Å². The Morgan fingerprint density at radius 2 is 2.05 bits per heavy atom. The number of nitrogens with zero attached hydrogens (tertiary/aromatic N) is 2. The van der Waals surface area contributed by atoms with Crippen molar-refractivity contribution in [2.24, 2.45) is 0 Å².